The lowest BCUT2D eigenvalue weighted by Crippen LogP contribution is -2.36. The third-order valence-electron chi connectivity index (χ3n) is 3.16. The van der Waals surface area contributed by atoms with E-state index in [2.05, 4.69) is 18.8 Å². The van der Waals surface area contributed by atoms with Gasteiger partial charge in [-0.25, -0.2) is 0 Å². The van der Waals surface area contributed by atoms with Gasteiger partial charge in [-0.1, -0.05) is 32.3 Å². The molecule has 0 unspecified atom stereocenters. The molecule has 1 saturated carbocycles. The van der Waals surface area contributed by atoms with Crippen molar-refractivity contribution in [3.8, 4) is 0 Å². The molecule has 0 heterocycles. The smallest absolute Gasteiger partial charge is 0.243 e. The van der Waals surface area contributed by atoms with E-state index < -0.39 is 0 Å². The number of hydrogen-bond donors (Lipinski definition) is 1. The number of rotatable bonds is 3. The van der Waals surface area contributed by atoms with E-state index in [9.17, 15) is 4.79 Å². The second-order valence-corrected chi connectivity index (χ2v) is 4.25. The Bertz CT molecular complexity index is 192. The minimum atomic E-state index is -0.0400. The molecule has 80 valence electrons. The third kappa shape index (κ3) is 3.52. The summed E-state index contributed by atoms with van der Waals surface area (Å²) in [5.41, 5.74) is 0. The monoisotopic (exact) mass is 195 g/mol. The third-order valence-corrected chi connectivity index (χ3v) is 3.16. The molecule has 0 saturated heterocycles. The fourth-order valence-corrected chi connectivity index (χ4v) is 2.21. The quantitative estimate of drug-likeness (QED) is 0.544. The average Bonchev–Trinajstić information content (AvgIpc) is 2.45. The minimum Gasteiger partial charge on any atom is -0.350 e. The van der Waals surface area contributed by atoms with Gasteiger partial charge in [0.15, 0.2) is 0 Å². The number of amides is 1. The van der Waals surface area contributed by atoms with Crippen LogP contribution < -0.4 is 5.32 Å². The Morgan fingerprint density at radius 3 is 2.43 bits per heavy atom. The van der Waals surface area contributed by atoms with Gasteiger partial charge in [0.05, 0.1) is 0 Å². The Balaban J connectivity index is 2.37. The van der Waals surface area contributed by atoms with Crippen LogP contribution in [0.2, 0.25) is 0 Å². The van der Waals surface area contributed by atoms with Gasteiger partial charge in [0.1, 0.15) is 0 Å². The molecule has 1 rings (SSSR count). The maximum absolute atomic E-state index is 11.1. The highest BCUT2D eigenvalue weighted by atomic mass is 16.1. The van der Waals surface area contributed by atoms with Crippen molar-refractivity contribution in [1.82, 2.24) is 5.32 Å². The zero-order chi connectivity index (χ0) is 10.4. The van der Waals surface area contributed by atoms with Gasteiger partial charge in [0, 0.05) is 6.04 Å². The fourth-order valence-electron chi connectivity index (χ4n) is 2.21. The maximum Gasteiger partial charge on any atom is 0.243 e. The molecule has 0 aromatic carbocycles. The van der Waals surface area contributed by atoms with Crippen LogP contribution in [0.15, 0.2) is 12.7 Å². The lowest BCUT2D eigenvalue weighted by atomic mass is 9.93. The molecule has 1 amide bonds. The first-order chi connectivity index (χ1) is 6.74. The van der Waals surface area contributed by atoms with Crippen molar-refractivity contribution >= 4 is 5.91 Å². The summed E-state index contributed by atoms with van der Waals surface area (Å²) in [7, 11) is 0. The van der Waals surface area contributed by atoms with E-state index in [4.69, 9.17) is 0 Å². The molecule has 0 spiro atoms. The molecule has 2 heteroatoms. The van der Waals surface area contributed by atoms with E-state index in [1.54, 1.807) is 0 Å². The Morgan fingerprint density at radius 2 is 1.93 bits per heavy atom. The van der Waals surface area contributed by atoms with Gasteiger partial charge < -0.3 is 5.32 Å². The lowest BCUT2D eigenvalue weighted by Gasteiger charge is -2.22. The zero-order valence-corrected chi connectivity index (χ0v) is 9.09. The van der Waals surface area contributed by atoms with E-state index in [0.717, 1.165) is 0 Å². The van der Waals surface area contributed by atoms with Crippen molar-refractivity contribution < 1.29 is 4.79 Å². The second kappa shape index (κ2) is 5.84. The largest absolute Gasteiger partial charge is 0.350 e. The first-order valence-electron chi connectivity index (χ1n) is 5.67. The van der Waals surface area contributed by atoms with Gasteiger partial charge >= 0.3 is 0 Å². The maximum atomic E-state index is 11.1. The molecule has 0 aromatic heterocycles. The van der Waals surface area contributed by atoms with E-state index in [1.807, 2.05) is 0 Å². The van der Waals surface area contributed by atoms with Gasteiger partial charge in [0.2, 0.25) is 5.91 Å². The van der Waals surface area contributed by atoms with Gasteiger partial charge in [-0.3, -0.25) is 4.79 Å². The summed E-state index contributed by atoms with van der Waals surface area (Å²) < 4.78 is 0. The van der Waals surface area contributed by atoms with Crippen LogP contribution in [0.5, 0.6) is 0 Å². The highest BCUT2D eigenvalue weighted by Gasteiger charge is 2.19. The number of carbonyl (C=O) groups is 1. The van der Waals surface area contributed by atoms with Crippen LogP contribution in [0.1, 0.15) is 45.4 Å². The molecule has 1 aliphatic rings. The molecular weight excluding hydrogens is 174 g/mol. The first-order valence-corrected chi connectivity index (χ1v) is 5.67. The summed E-state index contributed by atoms with van der Waals surface area (Å²) in [6.07, 6.45) is 9.24. The number of carbonyl (C=O) groups excluding carboxylic acids is 1. The molecule has 0 bridgehead atoms. The van der Waals surface area contributed by atoms with Gasteiger partial charge in [-0.15, -0.1) is 0 Å². The van der Waals surface area contributed by atoms with Crippen molar-refractivity contribution in [2.45, 2.75) is 51.5 Å². The fraction of sp³-hybridized carbons (Fsp3) is 0.750. The van der Waals surface area contributed by atoms with Crippen LogP contribution >= 0.6 is 0 Å². The molecule has 0 radical (unpaired) electrons. The van der Waals surface area contributed by atoms with E-state index in [-0.39, 0.29) is 5.91 Å². The zero-order valence-electron chi connectivity index (χ0n) is 9.09. The summed E-state index contributed by atoms with van der Waals surface area (Å²) in [4.78, 5) is 11.1. The number of nitrogens with one attached hydrogen (secondary N) is 1. The van der Waals surface area contributed by atoms with Crippen LogP contribution in [0.25, 0.3) is 0 Å². The standard InChI is InChI=1S/C12H21NO/c1-3-12(14)13-10(2)11-8-6-4-5-7-9-11/h3,10-11H,1,4-9H2,2H3,(H,13,14)/t10-/m0/s1. The molecule has 14 heavy (non-hydrogen) atoms. The van der Waals surface area contributed by atoms with E-state index in [1.165, 1.54) is 44.6 Å². The normalized spacial score (nSPS) is 20.9. The summed E-state index contributed by atoms with van der Waals surface area (Å²) >= 11 is 0. The van der Waals surface area contributed by atoms with Crippen molar-refractivity contribution in [1.29, 1.82) is 0 Å². The highest BCUT2D eigenvalue weighted by Crippen LogP contribution is 2.25. The van der Waals surface area contributed by atoms with Crippen LogP contribution in [0, 0.1) is 5.92 Å². The van der Waals surface area contributed by atoms with Gasteiger partial charge in [-0.2, -0.15) is 0 Å². The highest BCUT2D eigenvalue weighted by molar-refractivity contribution is 5.87. The summed E-state index contributed by atoms with van der Waals surface area (Å²) in [6.45, 7) is 5.57. The Kier molecular flexibility index (Phi) is 4.71. The van der Waals surface area contributed by atoms with Crippen molar-refractivity contribution in [2.24, 2.45) is 5.92 Å². The predicted octanol–water partition coefficient (Wildman–Crippen LogP) is 2.65. The molecule has 1 N–H and O–H groups in total. The first kappa shape index (κ1) is 11.3. The SMILES string of the molecule is C=CC(=O)N[C@@H](C)C1CCCCCC1. The van der Waals surface area contributed by atoms with Crippen molar-refractivity contribution in [3.63, 3.8) is 0 Å². The predicted molar refractivity (Wildman–Crippen MR) is 59.0 cm³/mol. The van der Waals surface area contributed by atoms with Crippen molar-refractivity contribution in [2.75, 3.05) is 0 Å². The molecule has 1 atom stereocenters. The molecule has 1 fully saturated rings. The number of hydrogen-bond acceptors (Lipinski definition) is 1. The average molecular weight is 195 g/mol. The van der Waals surface area contributed by atoms with Crippen LogP contribution in [-0.4, -0.2) is 11.9 Å². The molecule has 1 aliphatic carbocycles. The van der Waals surface area contributed by atoms with E-state index in [0.29, 0.717) is 12.0 Å². The van der Waals surface area contributed by atoms with Crippen LogP contribution in [-0.2, 0) is 4.79 Å². The second-order valence-electron chi connectivity index (χ2n) is 4.25. The lowest BCUT2D eigenvalue weighted by molar-refractivity contribution is -0.117. The molecule has 0 aromatic rings. The topological polar surface area (TPSA) is 29.1 Å². The summed E-state index contributed by atoms with van der Waals surface area (Å²) in [6, 6.07) is 0.304. The van der Waals surface area contributed by atoms with E-state index >= 15 is 0 Å². The van der Waals surface area contributed by atoms with Crippen LogP contribution in [0.3, 0.4) is 0 Å². The van der Waals surface area contributed by atoms with Crippen molar-refractivity contribution in [3.05, 3.63) is 12.7 Å². The van der Waals surface area contributed by atoms with Crippen LogP contribution in [0.4, 0.5) is 0 Å². The van der Waals surface area contributed by atoms with Gasteiger partial charge in [-0.05, 0) is 31.8 Å². The molecular formula is C12H21NO. The Labute approximate surface area is 86.8 Å². The Hall–Kier alpha value is -0.790. The Morgan fingerprint density at radius 1 is 1.36 bits per heavy atom. The minimum absolute atomic E-state index is 0.0400. The summed E-state index contributed by atoms with van der Waals surface area (Å²) in [5, 5.41) is 2.97. The molecule has 2 nitrogen and oxygen atoms in total. The van der Waals surface area contributed by atoms with Gasteiger partial charge in [0.25, 0.3) is 0 Å². The summed E-state index contributed by atoms with van der Waals surface area (Å²) in [5.74, 6) is 0.628. The molecule has 0 aliphatic heterocycles.